The van der Waals surface area contributed by atoms with Crippen molar-refractivity contribution >= 4 is 22.7 Å². The molecule has 1 heterocycles. The molecule has 0 spiro atoms. The van der Waals surface area contributed by atoms with E-state index in [1.165, 1.54) is 32.4 Å². The number of rotatable bonds is 0. The van der Waals surface area contributed by atoms with Gasteiger partial charge in [-0.3, -0.25) is 4.55 Å². The fraction of sp³-hybridized carbons (Fsp3) is 1.00. The normalized spacial score (nSPS) is 16.8. The zero-order chi connectivity index (χ0) is 8.74. The van der Waals surface area contributed by atoms with E-state index in [4.69, 9.17) is 13.0 Å². The standard InChI is InChI=1S/C5H11N.ClH.H3NO3S/c1-2-4-6-5-3-1;;1-5(2,3)4/h6H,1-5H2;1H;(H3,1,2,3,4). The summed E-state index contributed by atoms with van der Waals surface area (Å²) in [7, 11) is -4.17. The Morgan fingerprint density at radius 2 is 1.50 bits per heavy atom. The molecule has 0 aliphatic carbocycles. The molecule has 5 nitrogen and oxygen atoms in total. The van der Waals surface area contributed by atoms with Gasteiger partial charge in [0, 0.05) is 0 Å². The van der Waals surface area contributed by atoms with E-state index in [9.17, 15) is 0 Å². The van der Waals surface area contributed by atoms with Crippen LogP contribution in [0.3, 0.4) is 0 Å². The third kappa shape index (κ3) is 22.5. The maximum Gasteiger partial charge on any atom is 0.330 e. The molecule has 7 heteroatoms. The molecule has 4 N–H and O–H groups in total. The topological polar surface area (TPSA) is 92.4 Å². The van der Waals surface area contributed by atoms with Crippen LogP contribution >= 0.6 is 12.4 Å². The molecule has 12 heavy (non-hydrogen) atoms. The number of hydrogen-bond donors (Lipinski definition) is 3. The number of piperidine rings is 1. The molecule has 0 bridgehead atoms. The van der Waals surface area contributed by atoms with Crippen LogP contribution in [-0.2, 0) is 10.3 Å². The van der Waals surface area contributed by atoms with E-state index in [-0.39, 0.29) is 12.4 Å². The smallest absolute Gasteiger partial charge is 0.317 e. The Labute approximate surface area is 79.0 Å². The lowest BCUT2D eigenvalue weighted by Crippen LogP contribution is -2.21. The SMILES string of the molecule is C1CCNCC1.Cl.NS(=O)(=O)O. The molecule has 1 aliphatic heterocycles. The van der Waals surface area contributed by atoms with Gasteiger partial charge in [0.25, 0.3) is 0 Å². The van der Waals surface area contributed by atoms with Crippen LogP contribution in [0.4, 0.5) is 0 Å². The summed E-state index contributed by atoms with van der Waals surface area (Å²) >= 11 is 0. The molecule has 0 amide bonds. The van der Waals surface area contributed by atoms with Crippen molar-refractivity contribution in [3.8, 4) is 0 Å². The summed E-state index contributed by atoms with van der Waals surface area (Å²) in [6.45, 7) is 2.50. The molecular weight excluding hydrogens is 204 g/mol. The van der Waals surface area contributed by atoms with E-state index in [1.807, 2.05) is 0 Å². The molecule has 1 saturated heterocycles. The first-order chi connectivity index (χ1) is 5.00. The molecule has 1 aliphatic rings. The molecule has 0 radical (unpaired) electrons. The molecule has 0 atom stereocenters. The molecule has 0 aromatic rings. The second-order valence-electron chi connectivity index (χ2n) is 2.33. The van der Waals surface area contributed by atoms with Crippen molar-refractivity contribution in [2.45, 2.75) is 19.3 Å². The van der Waals surface area contributed by atoms with Crippen molar-refractivity contribution in [1.29, 1.82) is 0 Å². The van der Waals surface area contributed by atoms with Crippen molar-refractivity contribution in [3.63, 3.8) is 0 Å². The Hall–Kier alpha value is 0.120. The first-order valence-electron chi connectivity index (χ1n) is 3.46. The average molecular weight is 219 g/mol. The Morgan fingerprint density at radius 1 is 1.17 bits per heavy atom. The number of halogens is 1. The van der Waals surface area contributed by atoms with Crippen molar-refractivity contribution in [2.24, 2.45) is 5.14 Å². The van der Waals surface area contributed by atoms with E-state index < -0.39 is 10.3 Å². The predicted octanol–water partition coefficient (Wildman–Crippen LogP) is -0.0704. The van der Waals surface area contributed by atoms with Crippen molar-refractivity contribution in [1.82, 2.24) is 5.32 Å². The van der Waals surface area contributed by atoms with Gasteiger partial charge in [-0.1, -0.05) is 6.42 Å². The quantitative estimate of drug-likeness (QED) is 0.497. The second kappa shape index (κ2) is 7.75. The molecule has 1 rings (SSSR count). The minimum atomic E-state index is -4.17. The Balaban J connectivity index is 0. The molecule has 0 saturated carbocycles. The maximum absolute atomic E-state index is 8.97. The molecular formula is C5H15ClN2O3S. The van der Waals surface area contributed by atoms with Gasteiger partial charge >= 0.3 is 10.3 Å². The summed E-state index contributed by atoms with van der Waals surface area (Å²) < 4.78 is 25.2. The van der Waals surface area contributed by atoms with Crippen molar-refractivity contribution < 1.29 is 13.0 Å². The average Bonchev–Trinajstić information content (AvgIpc) is 1.88. The van der Waals surface area contributed by atoms with E-state index >= 15 is 0 Å². The fourth-order valence-electron chi connectivity index (χ4n) is 0.802. The molecule has 1 fully saturated rings. The predicted molar refractivity (Wildman–Crippen MR) is 49.7 cm³/mol. The van der Waals surface area contributed by atoms with E-state index in [0.717, 1.165) is 0 Å². The second-order valence-corrected chi connectivity index (χ2v) is 3.36. The van der Waals surface area contributed by atoms with Crippen LogP contribution in [0.25, 0.3) is 0 Å². The van der Waals surface area contributed by atoms with Crippen molar-refractivity contribution in [2.75, 3.05) is 13.1 Å². The Bertz CT molecular complexity index is 160. The number of nitrogens with one attached hydrogen (secondary N) is 1. The fourth-order valence-corrected chi connectivity index (χ4v) is 0.802. The summed E-state index contributed by atoms with van der Waals surface area (Å²) in [5.41, 5.74) is 0. The minimum Gasteiger partial charge on any atom is -0.317 e. The lowest BCUT2D eigenvalue weighted by Gasteiger charge is -2.08. The van der Waals surface area contributed by atoms with Gasteiger partial charge in [0.05, 0.1) is 0 Å². The lowest BCUT2D eigenvalue weighted by atomic mass is 10.2. The summed E-state index contributed by atoms with van der Waals surface area (Å²) in [5.74, 6) is 0. The van der Waals surface area contributed by atoms with Crippen LogP contribution < -0.4 is 10.5 Å². The van der Waals surface area contributed by atoms with Crippen molar-refractivity contribution in [3.05, 3.63) is 0 Å². The third-order valence-corrected chi connectivity index (χ3v) is 1.21. The van der Waals surface area contributed by atoms with Crippen LogP contribution in [0.1, 0.15) is 19.3 Å². The number of hydrogen-bond acceptors (Lipinski definition) is 3. The van der Waals surface area contributed by atoms with Crippen LogP contribution in [0, 0.1) is 0 Å². The van der Waals surface area contributed by atoms with Crippen LogP contribution in [0.2, 0.25) is 0 Å². The van der Waals surface area contributed by atoms with E-state index in [2.05, 4.69) is 10.5 Å². The molecule has 0 aromatic carbocycles. The molecule has 0 unspecified atom stereocenters. The van der Waals surface area contributed by atoms with Crippen LogP contribution in [-0.4, -0.2) is 26.1 Å². The summed E-state index contributed by atoms with van der Waals surface area (Å²) in [6.07, 6.45) is 4.22. The van der Waals surface area contributed by atoms with Gasteiger partial charge in [0.15, 0.2) is 0 Å². The van der Waals surface area contributed by atoms with Crippen LogP contribution in [0.5, 0.6) is 0 Å². The lowest BCUT2D eigenvalue weighted by molar-refractivity contribution is 0.485. The largest absolute Gasteiger partial charge is 0.330 e. The first-order valence-corrected chi connectivity index (χ1v) is 4.96. The third-order valence-electron chi connectivity index (χ3n) is 1.21. The van der Waals surface area contributed by atoms with Gasteiger partial charge < -0.3 is 5.32 Å². The molecule has 0 aromatic heterocycles. The zero-order valence-electron chi connectivity index (χ0n) is 6.69. The highest BCUT2D eigenvalue weighted by atomic mass is 35.5. The van der Waals surface area contributed by atoms with Gasteiger partial charge in [0.1, 0.15) is 0 Å². The van der Waals surface area contributed by atoms with Gasteiger partial charge in [-0.25, -0.2) is 5.14 Å². The zero-order valence-corrected chi connectivity index (χ0v) is 8.33. The van der Waals surface area contributed by atoms with Gasteiger partial charge in [-0.2, -0.15) is 8.42 Å². The summed E-state index contributed by atoms with van der Waals surface area (Å²) in [6, 6.07) is 0. The maximum atomic E-state index is 8.97. The van der Waals surface area contributed by atoms with Crippen LogP contribution in [0.15, 0.2) is 0 Å². The van der Waals surface area contributed by atoms with E-state index in [1.54, 1.807) is 0 Å². The Kier molecular flexibility index (Phi) is 9.45. The van der Waals surface area contributed by atoms with E-state index in [0.29, 0.717) is 0 Å². The first kappa shape index (κ1) is 14.6. The summed E-state index contributed by atoms with van der Waals surface area (Å²) in [4.78, 5) is 0. The summed E-state index contributed by atoms with van der Waals surface area (Å²) in [5, 5.41) is 7.17. The highest BCUT2D eigenvalue weighted by Crippen LogP contribution is 1.96. The number of nitrogens with two attached hydrogens (primary N) is 1. The van der Waals surface area contributed by atoms with Gasteiger partial charge in [0.2, 0.25) is 0 Å². The minimum absolute atomic E-state index is 0. The Morgan fingerprint density at radius 3 is 1.58 bits per heavy atom. The van der Waals surface area contributed by atoms with Gasteiger partial charge in [-0.15, -0.1) is 12.4 Å². The monoisotopic (exact) mass is 218 g/mol. The highest BCUT2D eigenvalue weighted by molar-refractivity contribution is 7.83. The van der Waals surface area contributed by atoms with Gasteiger partial charge in [-0.05, 0) is 25.9 Å². The molecule has 76 valence electrons. The highest BCUT2D eigenvalue weighted by Gasteiger charge is 1.93.